The second-order valence-electron chi connectivity index (χ2n) is 13.7. The largest absolute Gasteiger partial charge is 0.416 e. The number of nitrogens with one attached hydrogen (secondary N) is 3. The Morgan fingerprint density at radius 3 is 1.47 bits per heavy atom. The molecular formula is C43H31F6N6S2+. The van der Waals surface area contributed by atoms with Crippen molar-refractivity contribution in [3.63, 3.8) is 0 Å². The van der Waals surface area contributed by atoms with Crippen LogP contribution in [0.15, 0.2) is 121 Å². The van der Waals surface area contributed by atoms with Crippen LogP contribution in [0.4, 0.5) is 26.3 Å². The van der Waals surface area contributed by atoms with Crippen LogP contribution in [0.3, 0.4) is 0 Å². The van der Waals surface area contributed by atoms with Crippen molar-refractivity contribution in [3.05, 3.63) is 166 Å². The number of rotatable bonds is 6. The van der Waals surface area contributed by atoms with Gasteiger partial charge in [-0.2, -0.15) is 26.3 Å². The Morgan fingerprint density at radius 1 is 0.544 bits per heavy atom. The van der Waals surface area contributed by atoms with Gasteiger partial charge in [0.25, 0.3) is 0 Å². The third-order valence-electron chi connectivity index (χ3n) is 9.57. The molecule has 0 spiro atoms. The topological polar surface area (TPSA) is 123 Å². The van der Waals surface area contributed by atoms with Crippen molar-refractivity contribution in [3.8, 4) is 33.6 Å². The molecule has 0 radical (unpaired) electrons. The summed E-state index contributed by atoms with van der Waals surface area (Å²) in [6.45, 7) is 4.11. The number of pyridine rings is 2. The van der Waals surface area contributed by atoms with Crippen molar-refractivity contribution in [2.45, 2.75) is 31.6 Å². The van der Waals surface area contributed by atoms with Crippen LogP contribution < -0.4 is 5.41 Å². The van der Waals surface area contributed by atoms with Crippen molar-refractivity contribution in [1.29, 1.82) is 16.2 Å². The van der Waals surface area contributed by atoms with Crippen molar-refractivity contribution in [2.24, 2.45) is 0 Å². The Balaban J connectivity index is 1.06. The highest BCUT2D eigenvalue weighted by Crippen LogP contribution is 2.49. The van der Waals surface area contributed by atoms with Crippen LogP contribution in [-0.2, 0) is 17.8 Å². The quantitative estimate of drug-likeness (QED) is 0.0760. The molecule has 0 bridgehead atoms. The molecule has 14 heteroatoms. The molecule has 0 aliphatic heterocycles. The summed E-state index contributed by atoms with van der Waals surface area (Å²) in [5, 5.41) is 33.3. The predicted octanol–water partition coefficient (Wildman–Crippen LogP) is 10.5. The molecule has 0 atom stereocenters. The molecule has 2 aromatic heterocycles. The molecule has 57 heavy (non-hydrogen) atoms. The molecule has 286 valence electrons. The molecule has 5 N–H and O–H groups in total. The minimum Gasteiger partial charge on any atom is -0.293 e. The smallest absolute Gasteiger partial charge is 0.293 e. The average molecular weight is 810 g/mol. The third-order valence-corrected chi connectivity index (χ3v) is 11.3. The van der Waals surface area contributed by atoms with Crippen LogP contribution in [0, 0.1) is 16.2 Å². The van der Waals surface area contributed by atoms with Gasteiger partial charge in [-0.25, -0.2) is 15.4 Å². The minimum atomic E-state index is -4.51. The van der Waals surface area contributed by atoms with Crippen molar-refractivity contribution in [1.82, 2.24) is 9.97 Å². The van der Waals surface area contributed by atoms with Crippen LogP contribution in [0.2, 0.25) is 0 Å². The fourth-order valence-corrected chi connectivity index (χ4v) is 7.97. The lowest BCUT2D eigenvalue weighted by Gasteiger charge is -2.22. The molecule has 0 amide bonds. The summed E-state index contributed by atoms with van der Waals surface area (Å²) in [5.74, 6) is 0. The van der Waals surface area contributed by atoms with Crippen molar-refractivity contribution in [2.75, 3.05) is 0 Å². The Labute approximate surface area is 331 Å². The molecule has 0 saturated carbocycles. The maximum atomic E-state index is 13.3. The first-order chi connectivity index (χ1) is 26.9. The number of fused-ring (bicyclic) bond motifs is 3. The lowest BCUT2D eigenvalue weighted by Crippen LogP contribution is -2.39. The summed E-state index contributed by atoms with van der Waals surface area (Å²) in [6, 6.07) is 30.7. The lowest BCUT2D eigenvalue weighted by atomic mass is 9.81. The SMILES string of the molecule is CC1(C)c2cc(C(=N)SC(=N)c3cccc(-c4cccc(C(F)(F)F)c4)n3)ccc2-c2ccc(C(=[NH2+])SC(=N)c3cccc(-c4cccc(C(F)(F)F)c4)n3)cc21. The number of benzene rings is 4. The summed E-state index contributed by atoms with van der Waals surface area (Å²) in [7, 11) is 0. The molecule has 6 nitrogen and oxygen atoms in total. The van der Waals surface area contributed by atoms with Gasteiger partial charge in [0.2, 0.25) is 5.04 Å². The van der Waals surface area contributed by atoms with Gasteiger partial charge in [0.15, 0.2) is 0 Å². The van der Waals surface area contributed by atoms with Gasteiger partial charge in [0, 0.05) is 33.9 Å². The normalized spacial score (nSPS) is 13.1. The summed E-state index contributed by atoms with van der Waals surface area (Å²) >= 11 is 1.88. The van der Waals surface area contributed by atoms with Gasteiger partial charge >= 0.3 is 12.4 Å². The van der Waals surface area contributed by atoms with Gasteiger partial charge in [0.05, 0.1) is 39.5 Å². The van der Waals surface area contributed by atoms with E-state index >= 15 is 0 Å². The maximum Gasteiger partial charge on any atom is 0.416 e. The lowest BCUT2D eigenvalue weighted by molar-refractivity contribution is -0.138. The number of nitrogens with two attached hydrogens (primary N) is 1. The number of hydrogen-bond acceptors (Lipinski definition) is 7. The van der Waals surface area contributed by atoms with Gasteiger partial charge in [0.1, 0.15) is 15.1 Å². The van der Waals surface area contributed by atoms with Gasteiger partial charge in [-0.1, -0.05) is 68.4 Å². The number of thioether (sulfide) groups is 2. The van der Waals surface area contributed by atoms with Crippen LogP contribution in [0.1, 0.15) is 58.6 Å². The zero-order valence-electron chi connectivity index (χ0n) is 30.1. The summed E-state index contributed by atoms with van der Waals surface area (Å²) < 4.78 is 79.9. The first kappa shape index (κ1) is 39.4. The van der Waals surface area contributed by atoms with Crippen LogP contribution in [0.5, 0.6) is 0 Å². The van der Waals surface area contributed by atoms with E-state index in [0.717, 1.165) is 70.0 Å². The van der Waals surface area contributed by atoms with Crippen LogP contribution in [0.25, 0.3) is 33.6 Å². The van der Waals surface area contributed by atoms with E-state index in [0.29, 0.717) is 21.9 Å². The van der Waals surface area contributed by atoms with E-state index in [1.807, 2.05) is 36.4 Å². The van der Waals surface area contributed by atoms with E-state index in [1.165, 1.54) is 24.3 Å². The van der Waals surface area contributed by atoms with E-state index in [-0.39, 0.29) is 43.3 Å². The highest BCUT2D eigenvalue weighted by atomic mass is 32.2. The predicted molar refractivity (Wildman–Crippen MR) is 215 cm³/mol. The molecule has 1 aliphatic carbocycles. The Morgan fingerprint density at radius 2 is 0.982 bits per heavy atom. The first-order valence-corrected chi connectivity index (χ1v) is 18.9. The van der Waals surface area contributed by atoms with Crippen LogP contribution >= 0.6 is 23.5 Å². The molecule has 0 fully saturated rings. The summed E-state index contributed by atoms with van der Waals surface area (Å²) in [5.41, 5.74) is 4.63. The Kier molecular flexibility index (Phi) is 10.3. The molecule has 4 aromatic carbocycles. The fourth-order valence-electron chi connectivity index (χ4n) is 6.62. The van der Waals surface area contributed by atoms with Gasteiger partial charge in [-0.3, -0.25) is 16.2 Å². The first-order valence-electron chi connectivity index (χ1n) is 17.2. The minimum absolute atomic E-state index is 0.0215. The Hall–Kier alpha value is -5.86. The molecule has 2 heterocycles. The van der Waals surface area contributed by atoms with E-state index in [9.17, 15) is 26.3 Å². The second kappa shape index (κ2) is 14.9. The summed E-state index contributed by atoms with van der Waals surface area (Å²) in [4.78, 5) is 8.88. The van der Waals surface area contributed by atoms with Gasteiger partial charge < -0.3 is 0 Å². The monoisotopic (exact) mass is 809 g/mol. The second-order valence-corrected chi connectivity index (χ2v) is 15.7. The van der Waals surface area contributed by atoms with E-state index in [1.54, 1.807) is 36.4 Å². The van der Waals surface area contributed by atoms with E-state index in [4.69, 9.17) is 21.6 Å². The van der Waals surface area contributed by atoms with E-state index in [2.05, 4.69) is 23.8 Å². The molecule has 0 unspecified atom stereocenters. The zero-order valence-corrected chi connectivity index (χ0v) is 31.7. The van der Waals surface area contributed by atoms with Crippen molar-refractivity contribution < 1.29 is 31.8 Å². The van der Waals surface area contributed by atoms with Gasteiger partial charge in [-0.05, 0) is 101 Å². The average Bonchev–Trinajstić information content (AvgIpc) is 3.42. The third kappa shape index (κ3) is 8.05. The standard InChI is InChI=1S/C43H30F6N6S2/c1-41(2)31-21-25(37(50)56-39(52)35-13-5-11-33(54-35)23-7-3-9-27(19-23)42(44,45)46)15-17-29(31)30-18-16-26(22-32(30)41)38(51)57-40(53)36-14-6-12-34(55-36)24-8-4-10-28(20-24)43(47,48)49/h3-22,50-53H,1-2H3/p+1. The Bertz CT molecular complexity index is 2450. The van der Waals surface area contributed by atoms with E-state index < -0.39 is 28.9 Å². The molecule has 7 rings (SSSR count). The number of alkyl halides is 6. The molecule has 0 saturated heterocycles. The van der Waals surface area contributed by atoms with Crippen LogP contribution in [-0.4, -0.2) is 30.1 Å². The highest BCUT2D eigenvalue weighted by molar-refractivity contribution is 8.27. The van der Waals surface area contributed by atoms with Gasteiger partial charge in [-0.15, -0.1) is 0 Å². The summed E-state index contributed by atoms with van der Waals surface area (Å²) in [6.07, 6.45) is -9.01. The maximum absolute atomic E-state index is 13.3. The molecule has 1 aliphatic rings. The zero-order chi connectivity index (χ0) is 40.9. The number of halogens is 6. The van der Waals surface area contributed by atoms with Crippen molar-refractivity contribution >= 4 is 43.7 Å². The highest BCUT2D eigenvalue weighted by Gasteiger charge is 2.37. The molecule has 6 aromatic rings. The molecular weight excluding hydrogens is 779 g/mol. The number of nitrogens with zero attached hydrogens (tertiary/aromatic N) is 2. The fraction of sp³-hybridized carbons (Fsp3) is 0.116. The number of hydrogen-bond donors (Lipinski definition) is 4. The number of aromatic nitrogens is 2.